The summed E-state index contributed by atoms with van der Waals surface area (Å²) in [6.07, 6.45) is 12.4. The van der Waals surface area contributed by atoms with Gasteiger partial charge in [-0.05, 0) is 20.3 Å². The quantitative estimate of drug-likeness (QED) is 0.837. The van der Waals surface area contributed by atoms with Crippen LogP contribution in [0.15, 0.2) is 48.3 Å². The van der Waals surface area contributed by atoms with E-state index in [-0.39, 0.29) is 11.7 Å². The molecule has 21 heavy (non-hydrogen) atoms. The predicted molar refractivity (Wildman–Crippen MR) is 84.6 cm³/mol. The molecule has 0 spiro atoms. The van der Waals surface area contributed by atoms with Gasteiger partial charge in [0.15, 0.2) is 0 Å². The lowest BCUT2D eigenvalue weighted by Crippen LogP contribution is -2.34. The molecule has 1 heterocycles. The Kier molecular flexibility index (Phi) is 6.80. The van der Waals surface area contributed by atoms with Crippen molar-refractivity contribution in [3.05, 3.63) is 54.0 Å². The Labute approximate surface area is 124 Å². The molecule has 0 atom stereocenters. The molecule has 1 rings (SSSR count). The molecule has 1 N–H and O–H groups in total. The Balaban J connectivity index is 2.53. The van der Waals surface area contributed by atoms with E-state index >= 15 is 0 Å². The van der Waals surface area contributed by atoms with Gasteiger partial charge in [-0.3, -0.25) is 9.13 Å². The number of amides is 2. The zero-order valence-electron chi connectivity index (χ0n) is 12.5. The van der Waals surface area contributed by atoms with Crippen LogP contribution in [0.1, 0.15) is 20.3 Å². The first-order valence-electron chi connectivity index (χ1n) is 6.85. The van der Waals surface area contributed by atoms with Crippen molar-refractivity contribution in [3.63, 3.8) is 0 Å². The van der Waals surface area contributed by atoms with Crippen molar-refractivity contribution in [2.24, 2.45) is 0 Å². The molecule has 0 aliphatic carbocycles. The summed E-state index contributed by atoms with van der Waals surface area (Å²) in [6, 6.07) is -0.234. The third kappa shape index (κ3) is 4.83. The van der Waals surface area contributed by atoms with Crippen LogP contribution in [0.2, 0.25) is 0 Å². The van der Waals surface area contributed by atoms with Crippen LogP contribution in [0.4, 0.5) is 4.79 Å². The Hall–Kier alpha value is -2.50. The molecule has 0 aliphatic heterocycles. The average molecular weight is 290 g/mol. The standard InChI is InChI=1S/C15H22N4O2/c1-4-8-16-14(20)17(6-3)10-7-11-19-13-12-18(9-5-2)15(19)21/h4-6,8-9,12-13H,3,7,10-11H2,1-2H3,(H,16,20)/b8-4-,9-5-. The van der Waals surface area contributed by atoms with Gasteiger partial charge in [0.2, 0.25) is 0 Å². The Bertz CT molecular complexity index is 581. The highest BCUT2D eigenvalue weighted by Gasteiger charge is 2.08. The van der Waals surface area contributed by atoms with Crippen molar-refractivity contribution in [3.8, 4) is 0 Å². The number of allylic oxidation sites excluding steroid dienone is 2. The number of hydrogen-bond acceptors (Lipinski definition) is 2. The topological polar surface area (TPSA) is 59.3 Å². The Morgan fingerprint density at radius 1 is 1.38 bits per heavy atom. The molecule has 0 radical (unpaired) electrons. The highest BCUT2D eigenvalue weighted by atomic mass is 16.2. The van der Waals surface area contributed by atoms with Gasteiger partial charge in [-0.1, -0.05) is 18.7 Å². The number of rotatable bonds is 7. The van der Waals surface area contributed by atoms with Crippen LogP contribution in [-0.4, -0.2) is 26.6 Å². The lowest BCUT2D eigenvalue weighted by molar-refractivity contribution is 0.218. The Morgan fingerprint density at radius 3 is 2.76 bits per heavy atom. The van der Waals surface area contributed by atoms with Crippen LogP contribution in [0, 0.1) is 0 Å². The van der Waals surface area contributed by atoms with Crippen molar-refractivity contribution < 1.29 is 4.79 Å². The first-order chi connectivity index (χ1) is 10.1. The maximum absolute atomic E-state index is 11.9. The molecule has 1 aromatic rings. The predicted octanol–water partition coefficient (Wildman–Crippen LogP) is 2.22. The van der Waals surface area contributed by atoms with E-state index in [1.165, 1.54) is 15.7 Å². The molecular formula is C15H22N4O2. The minimum atomic E-state index is -0.234. The molecule has 114 valence electrons. The summed E-state index contributed by atoms with van der Waals surface area (Å²) in [5.74, 6) is 0. The number of nitrogens with zero attached hydrogens (tertiary/aromatic N) is 3. The second-order valence-corrected chi connectivity index (χ2v) is 4.34. The average Bonchev–Trinajstić information content (AvgIpc) is 2.82. The summed E-state index contributed by atoms with van der Waals surface area (Å²) in [4.78, 5) is 25.2. The number of carbonyl (C=O) groups excluding carboxylic acids is 1. The van der Waals surface area contributed by atoms with Crippen LogP contribution >= 0.6 is 0 Å². The van der Waals surface area contributed by atoms with Crippen LogP contribution in [-0.2, 0) is 6.54 Å². The second-order valence-electron chi connectivity index (χ2n) is 4.34. The van der Waals surface area contributed by atoms with Gasteiger partial charge in [-0.25, -0.2) is 9.59 Å². The van der Waals surface area contributed by atoms with E-state index in [0.29, 0.717) is 19.5 Å². The number of urea groups is 1. The highest BCUT2D eigenvalue weighted by molar-refractivity contribution is 5.76. The molecule has 6 heteroatoms. The van der Waals surface area contributed by atoms with E-state index in [1.54, 1.807) is 41.5 Å². The van der Waals surface area contributed by atoms with Crippen molar-refractivity contribution in [1.29, 1.82) is 0 Å². The molecular weight excluding hydrogens is 268 g/mol. The van der Waals surface area contributed by atoms with Crippen LogP contribution in [0.5, 0.6) is 0 Å². The maximum Gasteiger partial charge on any atom is 0.332 e. The molecule has 0 aromatic carbocycles. The van der Waals surface area contributed by atoms with Crippen molar-refractivity contribution >= 4 is 12.2 Å². The van der Waals surface area contributed by atoms with E-state index in [9.17, 15) is 9.59 Å². The van der Waals surface area contributed by atoms with Crippen molar-refractivity contribution in [1.82, 2.24) is 19.4 Å². The zero-order chi connectivity index (χ0) is 15.7. The smallest absolute Gasteiger partial charge is 0.315 e. The molecule has 0 aliphatic rings. The zero-order valence-corrected chi connectivity index (χ0v) is 12.5. The van der Waals surface area contributed by atoms with Gasteiger partial charge in [-0.2, -0.15) is 0 Å². The first kappa shape index (κ1) is 16.6. The lowest BCUT2D eigenvalue weighted by Gasteiger charge is -2.17. The normalized spacial score (nSPS) is 11.1. The molecule has 6 nitrogen and oxygen atoms in total. The monoisotopic (exact) mass is 290 g/mol. The van der Waals surface area contributed by atoms with Gasteiger partial charge < -0.3 is 10.2 Å². The number of imidazole rings is 1. The number of hydrogen-bond donors (Lipinski definition) is 1. The van der Waals surface area contributed by atoms with E-state index in [1.807, 2.05) is 13.8 Å². The number of carbonyl (C=O) groups is 1. The van der Waals surface area contributed by atoms with E-state index in [4.69, 9.17) is 0 Å². The molecule has 0 bridgehead atoms. The van der Waals surface area contributed by atoms with Gasteiger partial charge in [0.25, 0.3) is 0 Å². The maximum atomic E-state index is 11.9. The van der Waals surface area contributed by atoms with Gasteiger partial charge >= 0.3 is 11.7 Å². The summed E-state index contributed by atoms with van der Waals surface area (Å²) in [5, 5.41) is 2.62. The van der Waals surface area contributed by atoms with Crippen molar-refractivity contribution in [2.45, 2.75) is 26.8 Å². The molecule has 1 aromatic heterocycles. The summed E-state index contributed by atoms with van der Waals surface area (Å²) in [6.45, 7) is 8.34. The van der Waals surface area contributed by atoms with Crippen LogP contribution in [0.25, 0.3) is 6.20 Å². The first-order valence-corrected chi connectivity index (χ1v) is 6.85. The fraction of sp³-hybridized carbons (Fsp3) is 0.333. The van der Waals surface area contributed by atoms with Gasteiger partial charge in [0.1, 0.15) is 0 Å². The van der Waals surface area contributed by atoms with Gasteiger partial charge in [0.05, 0.1) is 0 Å². The molecule has 2 amide bonds. The number of aromatic nitrogens is 2. The highest BCUT2D eigenvalue weighted by Crippen LogP contribution is 1.96. The van der Waals surface area contributed by atoms with Crippen LogP contribution < -0.4 is 11.0 Å². The van der Waals surface area contributed by atoms with Gasteiger partial charge in [-0.15, -0.1) is 0 Å². The molecule has 0 saturated carbocycles. The Morgan fingerprint density at radius 2 is 2.14 bits per heavy atom. The SMILES string of the molecule is C=CN(CCCn1ccn(/C=C\C)c1=O)C(=O)N/C=C\C. The van der Waals surface area contributed by atoms with Crippen molar-refractivity contribution in [2.75, 3.05) is 6.54 Å². The molecule has 0 saturated heterocycles. The fourth-order valence-corrected chi connectivity index (χ4v) is 1.80. The van der Waals surface area contributed by atoms with E-state index in [0.717, 1.165) is 0 Å². The summed E-state index contributed by atoms with van der Waals surface area (Å²) >= 11 is 0. The summed E-state index contributed by atoms with van der Waals surface area (Å²) in [7, 11) is 0. The number of nitrogens with one attached hydrogen (secondary N) is 1. The summed E-state index contributed by atoms with van der Waals surface area (Å²) < 4.78 is 3.13. The third-order valence-electron chi connectivity index (χ3n) is 2.84. The van der Waals surface area contributed by atoms with E-state index < -0.39 is 0 Å². The minimum Gasteiger partial charge on any atom is -0.315 e. The molecule has 0 unspecified atom stereocenters. The third-order valence-corrected chi connectivity index (χ3v) is 2.84. The second kappa shape index (κ2) is 8.63. The number of aryl methyl sites for hydroxylation is 1. The summed E-state index contributed by atoms with van der Waals surface area (Å²) in [5.41, 5.74) is -0.0865. The minimum absolute atomic E-state index is 0.0865. The van der Waals surface area contributed by atoms with Gasteiger partial charge in [0, 0.05) is 44.1 Å². The van der Waals surface area contributed by atoms with Crippen LogP contribution in [0.3, 0.4) is 0 Å². The molecule has 0 fully saturated rings. The lowest BCUT2D eigenvalue weighted by atomic mass is 10.4. The largest absolute Gasteiger partial charge is 0.332 e. The fourth-order valence-electron chi connectivity index (χ4n) is 1.80. The van der Waals surface area contributed by atoms with E-state index in [2.05, 4.69) is 11.9 Å².